The van der Waals surface area contributed by atoms with E-state index in [4.69, 9.17) is 9.68 Å². The molecule has 1 amide bonds. The molecule has 25 heavy (non-hydrogen) atoms. The molecule has 1 N–H and O–H groups in total. The summed E-state index contributed by atoms with van der Waals surface area (Å²) in [5, 5.41) is 13.8. The van der Waals surface area contributed by atoms with Crippen LogP contribution in [0.5, 0.6) is 0 Å². The van der Waals surface area contributed by atoms with Crippen LogP contribution in [0.15, 0.2) is 34.9 Å². The van der Waals surface area contributed by atoms with E-state index in [1.807, 2.05) is 24.3 Å². The molecule has 4 rings (SSSR count). The number of anilines is 1. The lowest BCUT2D eigenvalue weighted by Crippen LogP contribution is -2.42. The summed E-state index contributed by atoms with van der Waals surface area (Å²) >= 11 is 0. The molecule has 130 valence electrons. The van der Waals surface area contributed by atoms with Crippen molar-refractivity contribution in [2.45, 2.75) is 31.3 Å². The molecule has 2 unspecified atom stereocenters. The average Bonchev–Trinajstić information content (AvgIpc) is 3.35. The quantitative estimate of drug-likeness (QED) is 0.927. The number of furan rings is 1. The lowest BCUT2D eigenvalue weighted by Gasteiger charge is -2.23. The summed E-state index contributed by atoms with van der Waals surface area (Å²) in [7, 11) is 0. The highest BCUT2D eigenvalue weighted by Gasteiger charge is 2.31. The number of carbonyl (C=O) groups is 1. The van der Waals surface area contributed by atoms with Gasteiger partial charge in [0.25, 0.3) is 0 Å². The number of nitriles is 1. The third-order valence-corrected chi connectivity index (χ3v) is 5.19. The Morgan fingerprint density at radius 3 is 3.12 bits per heavy atom. The van der Waals surface area contributed by atoms with E-state index in [0.717, 1.165) is 49.0 Å². The van der Waals surface area contributed by atoms with Gasteiger partial charge in [-0.3, -0.25) is 9.69 Å². The summed E-state index contributed by atoms with van der Waals surface area (Å²) in [5.41, 5.74) is 1.88. The van der Waals surface area contributed by atoms with Crippen LogP contribution in [0, 0.1) is 11.3 Å². The second-order valence-corrected chi connectivity index (χ2v) is 6.88. The first-order chi connectivity index (χ1) is 12.2. The molecule has 2 atom stereocenters. The molecule has 2 fully saturated rings. The first-order valence-electron chi connectivity index (χ1n) is 8.89. The highest BCUT2D eigenvalue weighted by molar-refractivity contribution is 5.89. The second-order valence-electron chi connectivity index (χ2n) is 6.88. The number of hydrogen-bond acceptors (Lipinski definition) is 5. The summed E-state index contributed by atoms with van der Waals surface area (Å²) in [6, 6.07) is 10.3. The zero-order valence-corrected chi connectivity index (χ0v) is 14.1. The minimum atomic E-state index is -0.236. The normalized spacial score (nSPS) is 23.9. The maximum absolute atomic E-state index is 12.5. The lowest BCUT2D eigenvalue weighted by molar-refractivity contribution is -0.132. The molecule has 0 saturated carbocycles. The van der Waals surface area contributed by atoms with Crippen LogP contribution in [-0.4, -0.2) is 54.0 Å². The number of benzene rings is 1. The van der Waals surface area contributed by atoms with E-state index in [0.29, 0.717) is 19.1 Å². The van der Waals surface area contributed by atoms with E-state index >= 15 is 0 Å². The van der Waals surface area contributed by atoms with Crippen molar-refractivity contribution in [1.29, 1.82) is 5.26 Å². The van der Waals surface area contributed by atoms with E-state index in [1.165, 1.54) is 0 Å². The number of hydrogen-bond donors (Lipinski definition) is 1. The van der Waals surface area contributed by atoms with Gasteiger partial charge in [-0.2, -0.15) is 5.26 Å². The van der Waals surface area contributed by atoms with Crippen LogP contribution < -0.4 is 5.32 Å². The minimum absolute atomic E-state index is 0.0813. The van der Waals surface area contributed by atoms with Gasteiger partial charge in [-0.15, -0.1) is 0 Å². The Morgan fingerprint density at radius 2 is 2.24 bits per heavy atom. The molecule has 2 aliphatic heterocycles. The highest BCUT2D eigenvalue weighted by Crippen LogP contribution is 2.26. The summed E-state index contributed by atoms with van der Waals surface area (Å²) in [5.74, 6) is 0.0813. The van der Waals surface area contributed by atoms with E-state index in [2.05, 4.69) is 16.3 Å². The summed E-state index contributed by atoms with van der Waals surface area (Å²) in [6.07, 6.45) is 4.43. The molecular formula is C19H22N4O2. The second kappa shape index (κ2) is 6.77. The molecule has 1 aromatic carbocycles. The predicted molar refractivity (Wildman–Crippen MR) is 95.0 cm³/mol. The van der Waals surface area contributed by atoms with Crippen molar-refractivity contribution in [3.63, 3.8) is 0 Å². The Hall–Kier alpha value is -2.52. The van der Waals surface area contributed by atoms with E-state index < -0.39 is 0 Å². The van der Waals surface area contributed by atoms with E-state index in [1.54, 1.807) is 11.2 Å². The van der Waals surface area contributed by atoms with Gasteiger partial charge < -0.3 is 14.6 Å². The molecule has 6 heteroatoms. The number of fused-ring (bicyclic) bond motifs is 1. The first kappa shape index (κ1) is 16.0. The minimum Gasteiger partial charge on any atom is -0.462 e. The number of nitrogens with zero attached hydrogens (tertiary/aromatic N) is 3. The van der Waals surface area contributed by atoms with E-state index in [-0.39, 0.29) is 11.9 Å². The van der Waals surface area contributed by atoms with Crippen LogP contribution in [-0.2, 0) is 4.79 Å². The van der Waals surface area contributed by atoms with E-state index in [9.17, 15) is 4.79 Å². The maximum atomic E-state index is 12.5. The molecule has 2 aliphatic rings. The highest BCUT2D eigenvalue weighted by atomic mass is 16.3. The van der Waals surface area contributed by atoms with Crippen molar-refractivity contribution in [1.82, 2.24) is 9.80 Å². The van der Waals surface area contributed by atoms with Crippen molar-refractivity contribution in [2.75, 3.05) is 31.5 Å². The Labute approximate surface area is 147 Å². The number of rotatable bonds is 4. The number of nitrogens with one attached hydrogen (secondary N) is 1. The van der Waals surface area contributed by atoms with Gasteiger partial charge in [-0.25, -0.2) is 0 Å². The number of amides is 1. The molecule has 0 bridgehead atoms. The smallest absolute Gasteiger partial charge is 0.237 e. The fourth-order valence-corrected chi connectivity index (χ4v) is 3.90. The summed E-state index contributed by atoms with van der Waals surface area (Å²) in [4.78, 5) is 16.4. The van der Waals surface area contributed by atoms with Gasteiger partial charge in [-0.05, 0) is 31.4 Å². The third-order valence-electron chi connectivity index (χ3n) is 5.19. The topological polar surface area (TPSA) is 72.5 Å². The third kappa shape index (κ3) is 3.20. The van der Waals surface area contributed by atoms with Gasteiger partial charge in [-0.1, -0.05) is 12.1 Å². The van der Waals surface area contributed by atoms with Gasteiger partial charge in [0.1, 0.15) is 6.04 Å². The Balaban J connectivity index is 1.35. The monoisotopic (exact) mass is 338 g/mol. The SMILES string of the molecule is N#CC1CCCN1C(=O)CN1CCC(Nc2cccc3ccoc23)C1. The van der Waals surface area contributed by atoms with Gasteiger partial charge in [0.05, 0.1) is 24.6 Å². The van der Waals surface area contributed by atoms with Gasteiger partial charge in [0.15, 0.2) is 5.58 Å². The molecule has 2 aromatic rings. The zero-order chi connectivity index (χ0) is 17.2. The zero-order valence-electron chi connectivity index (χ0n) is 14.1. The average molecular weight is 338 g/mol. The van der Waals surface area contributed by atoms with Crippen LogP contribution in [0.4, 0.5) is 5.69 Å². The molecule has 0 spiro atoms. The largest absolute Gasteiger partial charge is 0.462 e. The Kier molecular flexibility index (Phi) is 4.33. The Bertz CT molecular complexity index is 809. The van der Waals surface area contributed by atoms with Crippen molar-refractivity contribution >= 4 is 22.6 Å². The summed E-state index contributed by atoms with van der Waals surface area (Å²) in [6.45, 7) is 2.84. The molecule has 0 aliphatic carbocycles. The van der Waals surface area contributed by atoms with Crippen molar-refractivity contribution < 1.29 is 9.21 Å². The van der Waals surface area contributed by atoms with Crippen LogP contribution in [0.25, 0.3) is 11.0 Å². The van der Waals surface area contributed by atoms with Crippen LogP contribution in [0.2, 0.25) is 0 Å². The van der Waals surface area contributed by atoms with Gasteiger partial charge in [0, 0.05) is 31.1 Å². The van der Waals surface area contributed by atoms with Crippen molar-refractivity contribution in [2.24, 2.45) is 0 Å². The van der Waals surface area contributed by atoms with Crippen molar-refractivity contribution in [3.8, 4) is 6.07 Å². The fraction of sp³-hybridized carbons (Fsp3) is 0.474. The fourth-order valence-electron chi connectivity index (χ4n) is 3.90. The molecule has 1 aromatic heterocycles. The standard InChI is InChI=1S/C19H22N4O2/c20-11-16-4-2-8-23(16)18(24)13-22-9-6-15(12-22)21-17-5-1-3-14-7-10-25-19(14)17/h1,3,5,7,10,15-16,21H,2,4,6,8-9,12-13H2. The molecular weight excluding hydrogens is 316 g/mol. The predicted octanol–water partition coefficient (Wildman–Crippen LogP) is 2.43. The molecule has 3 heterocycles. The summed E-state index contributed by atoms with van der Waals surface area (Å²) < 4.78 is 5.57. The lowest BCUT2D eigenvalue weighted by atomic mass is 10.2. The van der Waals surface area contributed by atoms with Crippen LogP contribution >= 0.6 is 0 Å². The maximum Gasteiger partial charge on any atom is 0.237 e. The number of para-hydroxylation sites is 1. The van der Waals surface area contributed by atoms with Crippen molar-refractivity contribution in [3.05, 3.63) is 30.5 Å². The van der Waals surface area contributed by atoms with Crippen LogP contribution in [0.3, 0.4) is 0 Å². The molecule has 6 nitrogen and oxygen atoms in total. The first-order valence-corrected chi connectivity index (χ1v) is 8.89. The Morgan fingerprint density at radius 1 is 1.32 bits per heavy atom. The number of likely N-dealkylation sites (tertiary alicyclic amines) is 2. The van der Waals surface area contributed by atoms with Crippen LogP contribution in [0.1, 0.15) is 19.3 Å². The molecule has 0 radical (unpaired) electrons. The number of carbonyl (C=O) groups excluding carboxylic acids is 1. The van der Waals surface area contributed by atoms with Gasteiger partial charge in [0.2, 0.25) is 5.91 Å². The van der Waals surface area contributed by atoms with Gasteiger partial charge >= 0.3 is 0 Å². The molecule has 2 saturated heterocycles.